The molecule has 7 heteroatoms. The molecule has 0 aliphatic carbocycles. The summed E-state index contributed by atoms with van der Waals surface area (Å²) < 4.78 is 29.5. The van der Waals surface area contributed by atoms with E-state index in [1.807, 2.05) is 59.3 Å². The third-order valence-electron chi connectivity index (χ3n) is 5.80. The standard InChI is InChI=1S/C23H27N3O3S/c1-24(2)23(27)16-25-15-21(20-10-6-7-11-22(20)25)19-12-13-26(14-19)30(28,29)17-18-8-4-3-5-9-18/h3-11,15,19H,12-14,16-17H2,1-2H3. The van der Waals surface area contributed by atoms with E-state index in [1.54, 1.807) is 23.3 Å². The van der Waals surface area contributed by atoms with Crippen LogP contribution in [-0.4, -0.2) is 55.3 Å². The largest absolute Gasteiger partial charge is 0.347 e. The second-order valence-corrected chi connectivity index (χ2v) is 10.1. The van der Waals surface area contributed by atoms with E-state index in [1.165, 1.54) is 0 Å². The molecule has 30 heavy (non-hydrogen) atoms. The minimum atomic E-state index is -3.36. The number of amides is 1. The van der Waals surface area contributed by atoms with Gasteiger partial charge in [-0.05, 0) is 23.6 Å². The van der Waals surface area contributed by atoms with E-state index in [9.17, 15) is 13.2 Å². The molecule has 1 atom stereocenters. The third kappa shape index (κ3) is 4.13. The Morgan fingerprint density at radius 2 is 1.77 bits per heavy atom. The van der Waals surface area contributed by atoms with Gasteiger partial charge in [0, 0.05) is 50.2 Å². The summed E-state index contributed by atoms with van der Waals surface area (Å²) in [5.74, 6) is 0.177. The Bertz CT molecular complexity index is 1150. The van der Waals surface area contributed by atoms with Gasteiger partial charge in [-0.3, -0.25) is 4.79 Å². The number of hydrogen-bond donors (Lipinski definition) is 0. The van der Waals surface area contributed by atoms with Gasteiger partial charge in [0.1, 0.15) is 6.54 Å². The summed E-state index contributed by atoms with van der Waals surface area (Å²) in [5.41, 5.74) is 2.93. The van der Waals surface area contributed by atoms with Gasteiger partial charge in [0.15, 0.2) is 0 Å². The van der Waals surface area contributed by atoms with Gasteiger partial charge in [0.25, 0.3) is 0 Å². The Labute approximate surface area is 177 Å². The van der Waals surface area contributed by atoms with E-state index >= 15 is 0 Å². The van der Waals surface area contributed by atoms with Crippen LogP contribution in [0, 0.1) is 0 Å². The summed E-state index contributed by atoms with van der Waals surface area (Å²) in [6.07, 6.45) is 2.81. The van der Waals surface area contributed by atoms with Crippen LogP contribution in [0.2, 0.25) is 0 Å². The zero-order chi connectivity index (χ0) is 21.3. The highest BCUT2D eigenvalue weighted by Gasteiger charge is 2.33. The first-order valence-corrected chi connectivity index (χ1v) is 11.8. The molecule has 0 bridgehead atoms. The fourth-order valence-electron chi connectivity index (χ4n) is 4.13. The number of aromatic nitrogens is 1. The van der Waals surface area contributed by atoms with E-state index in [2.05, 4.69) is 6.07 Å². The van der Waals surface area contributed by atoms with Crippen molar-refractivity contribution < 1.29 is 13.2 Å². The molecule has 3 aromatic rings. The highest BCUT2D eigenvalue weighted by atomic mass is 32.2. The van der Waals surface area contributed by atoms with Crippen molar-refractivity contribution >= 4 is 26.8 Å². The van der Waals surface area contributed by atoms with Crippen LogP contribution >= 0.6 is 0 Å². The number of rotatable bonds is 6. The minimum Gasteiger partial charge on any atom is -0.347 e. The molecular weight excluding hydrogens is 398 g/mol. The Morgan fingerprint density at radius 1 is 1.07 bits per heavy atom. The molecule has 158 valence electrons. The number of benzene rings is 2. The molecule has 1 saturated heterocycles. The predicted molar refractivity (Wildman–Crippen MR) is 119 cm³/mol. The van der Waals surface area contributed by atoms with E-state index in [-0.39, 0.29) is 24.1 Å². The number of para-hydroxylation sites is 1. The van der Waals surface area contributed by atoms with Crippen molar-refractivity contribution in [1.29, 1.82) is 0 Å². The third-order valence-corrected chi connectivity index (χ3v) is 7.62. The lowest BCUT2D eigenvalue weighted by molar-refractivity contribution is -0.129. The van der Waals surface area contributed by atoms with E-state index < -0.39 is 10.0 Å². The van der Waals surface area contributed by atoms with Crippen molar-refractivity contribution in [2.24, 2.45) is 0 Å². The summed E-state index contributed by atoms with van der Waals surface area (Å²) in [6.45, 7) is 1.27. The van der Waals surface area contributed by atoms with Crippen LogP contribution in [-0.2, 0) is 27.1 Å². The predicted octanol–water partition coefficient (Wildman–Crippen LogP) is 3.05. The van der Waals surface area contributed by atoms with Gasteiger partial charge >= 0.3 is 0 Å². The smallest absolute Gasteiger partial charge is 0.241 e. The number of carbonyl (C=O) groups excluding carboxylic acids is 1. The molecule has 0 saturated carbocycles. The highest BCUT2D eigenvalue weighted by Crippen LogP contribution is 2.35. The molecule has 0 spiro atoms. The maximum absolute atomic E-state index is 12.9. The van der Waals surface area contributed by atoms with Crippen molar-refractivity contribution in [1.82, 2.24) is 13.8 Å². The van der Waals surface area contributed by atoms with Gasteiger partial charge in [0.05, 0.1) is 5.75 Å². The molecule has 1 aliphatic heterocycles. The second kappa shape index (κ2) is 8.24. The first kappa shape index (κ1) is 20.6. The number of carbonyl (C=O) groups is 1. The summed E-state index contributed by atoms with van der Waals surface area (Å²) in [4.78, 5) is 13.8. The number of sulfonamides is 1. The quantitative estimate of drug-likeness (QED) is 0.610. The lowest BCUT2D eigenvalue weighted by atomic mass is 9.98. The normalized spacial score (nSPS) is 17.5. The molecule has 1 amide bonds. The number of nitrogens with zero attached hydrogens (tertiary/aromatic N) is 3. The monoisotopic (exact) mass is 425 g/mol. The van der Waals surface area contributed by atoms with Crippen LogP contribution in [0.25, 0.3) is 10.9 Å². The zero-order valence-corrected chi connectivity index (χ0v) is 18.2. The van der Waals surface area contributed by atoms with Crippen molar-refractivity contribution in [3.63, 3.8) is 0 Å². The van der Waals surface area contributed by atoms with Crippen LogP contribution in [0.15, 0.2) is 60.8 Å². The van der Waals surface area contributed by atoms with E-state index in [0.29, 0.717) is 13.1 Å². The van der Waals surface area contributed by atoms with Gasteiger partial charge in [-0.15, -0.1) is 0 Å². The molecule has 1 fully saturated rings. The van der Waals surface area contributed by atoms with Crippen LogP contribution in [0.5, 0.6) is 0 Å². The molecule has 0 radical (unpaired) electrons. The molecule has 1 unspecified atom stereocenters. The second-order valence-electron chi connectivity index (χ2n) is 8.10. The van der Waals surface area contributed by atoms with Crippen LogP contribution in [0.3, 0.4) is 0 Å². The topological polar surface area (TPSA) is 62.6 Å². The lowest BCUT2D eigenvalue weighted by Crippen LogP contribution is -2.29. The molecule has 1 aromatic heterocycles. The summed E-state index contributed by atoms with van der Waals surface area (Å²) in [5, 5.41) is 1.09. The number of fused-ring (bicyclic) bond motifs is 1. The fraction of sp³-hybridized carbons (Fsp3) is 0.348. The Balaban J connectivity index is 1.57. The van der Waals surface area contributed by atoms with Crippen LogP contribution in [0.1, 0.15) is 23.5 Å². The van der Waals surface area contributed by atoms with Crippen LogP contribution in [0.4, 0.5) is 0 Å². The minimum absolute atomic E-state index is 0.0274. The first-order chi connectivity index (χ1) is 14.3. The molecule has 1 aliphatic rings. The number of likely N-dealkylation sites (N-methyl/N-ethyl adjacent to an activating group) is 1. The van der Waals surface area contributed by atoms with E-state index in [0.717, 1.165) is 28.5 Å². The van der Waals surface area contributed by atoms with Gasteiger partial charge in [-0.1, -0.05) is 48.5 Å². The Morgan fingerprint density at radius 3 is 2.50 bits per heavy atom. The molecule has 2 heterocycles. The molecule has 6 nitrogen and oxygen atoms in total. The van der Waals surface area contributed by atoms with Crippen molar-refractivity contribution in [3.8, 4) is 0 Å². The van der Waals surface area contributed by atoms with Crippen molar-refractivity contribution in [2.45, 2.75) is 24.6 Å². The Hall–Kier alpha value is -2.64. The van der Waals surface area contributed by atoms with Crippen LogP contribution < -0.4 is 0 Å². The highest BCUT2D eigenvalue weighted by molar-refractivity contribution is 7.88. The average molecular weight is 426 g/mol. The molecular formula is C23H27N3O3S. The maximum Gasteiger partial charge on any atom is 0.241 e. The van der Waals surface area contributed by atoms with Gasteiger partial charge in [-0.25, -0.2) is 12.7 Å². The number of hydrogen-bond acceptors (Lipinski definition) is 3. The zero-order valence-electron chi connectivity index (χ0n) is 17.4. The van der Waals surface area contributed by atoms with E-state index in [4.69, 9.17) is 0 Å². The van der Waals surface area contributed by atoms with Crippen molar-refractivity contribution in [3.05, 3.63) is 71.9 Å². The fourth-order valence-corrected chi connectivity index (χ4v) is 5.72. The maximum atomic E-state index is 12.9. The summed E-state index contributed by atoms with van der Waals surface area (Å²) >= 11 is 0. The lowest BCUT2D eigenvalue weighted by Gasteiger charge is -2.16. The first-order valence-electron chi connectivity index (χ1n) is 10.1. The van der Waals surface area contributed by atoms with Gasteiger partial charge in [-0.2, -0.15) is 0 Å². The van der Waals surface area contributed by atoms with Gasteiger partial charge in [0.2, 0.25) is 15.9 Å². The average Bonchev–Trinajstić information content (AvgIpc) is 3.34. The van der Waals surface area contributed by atoms with Crippen molar-refractivity contribution in [2.75, 3.05) is 27.2 Å². The summed E-state index contributed by atoms with van der Waals surface area (Å²) in [6, 6.07) is 17.3. The summed E-state index contributed by atoms with van der Waals surface area (Å²) in [7, 11) is 0.138. The molecule has 0 N–H and O–H groups in total. The van der Waals surface area contributed by atoms with Gasteiger partial charge < -0.3 is 9.47 Å². The SMILES string of the molecule is CN(C)C(=O)Cn1cc(C2CCN(S(=O)(=O)Cc3ccccc3)C2)c2ccccc21. The Kier molecular flexibility index (Phi) is 5.66. The molecule has 2 aromatic carbocycles. The molecule has 4 rings (SSSR count).